The molecule has 1 aromatic carbocycles. The van der Waals surface area contributed by atoms with Crippen LogP contribution >= 0.6 is 0 Å². The zero-order valence-electron chi connectivity index (χ0n) is 10.9. The Morgan fingerprint density at radius 1 is 1.26 bits per heavy atom. The molecule has 19 heavy (non-hydrogen) atoms. The Morgan fingerprint density at radius 2 is 1.89 bits per heavy atom. The van der Waals surface area contributed by atoms with Crippen LogP contribution in [0.3, 0.4) is 0 Å². The lowest BCUT2D eigenvalue weighted by atomic mass is 10.1. The highest BCUT2D eigenvalue weighted by Crippen LogP contribution is 2.08. The maximum atomic E-state index is 12.8. The standard InChI is InChI=1S/C13H20F2N4/c1-9-2-4-10(5-3-9)8-19-11(12(14)15)6-7-18-13(16)17/h2-5,11-12,19H,6-8H2,1H3,(H4,16,17,18). The average molecular weight is 270 g/mol. The van der Waals surface area contributed by atoms with Crippen molar-refractivity contribution in [1.29, 1.82) is 0 Å². The zero-order chi connectivity index (χ0) is 14.3. The van der Waals surface area contributed by atoms with Crippen LogP contribution in [0.25, 0.3) is 0 Å². The molecule has 0 radical (unpaired) electrons. The molecule has 1 rings (SSSR count). The smallest absolute Gasteiger partial charge is 0.253 e. The molecule has 1 aromatic rings. The fraction of sp³-hybridized carbons (Fsp3) is 0.462. The summed E-state index contributed by atoms with van der Waals surface area (Å²) in [5, 5.41) is 2.83. The molecule has 0 amide bonds. The number of guanidine groups is 1. The van der Waals surface area contributed by atoms with Crippen LogP contribution in [0, 0.1) is 6.92 Å². The summed E-state index contributed by atoms with van der Waals surface area (Å²) in [4.78, 5) is 3.71. The van der Waals surface area contributed by atoms with Gasteiger partial charge in [0.1, 0.15) is 0 Å². The molecule has 0 aliphatic rings. The van der Waals surface area contributed by atoms with E-state index in [9.17, 15) is 8.78 Å². The van der Waals surface area contributed by atoms with E-state index in [4.69, 9.17) is 11.5 Å². The third kappa shape index (κ3) is 6.15. The highest BCUT2D eigenvalue weighted by Gasteiger charge is 2.18. The van der Waals surface area contributed by atoms with Gasteiger partial charge in [-0.25, -0.2) is 8.78 Å². The number of nitrogens with one attached hydrogen (secondary N) is 1. The van der Waals surface area contributed by atoms with Crippen molar-refractivity contribution in [1.82, 2.24) is 5.32 Å². The zero-order valence-corrected chi connectivity index (χ0v) is 10.9. The molecule has 5 N–H and O–H groups in total. The van der Waals surface area contributed by atoms with Gasteiger partial charge >= 0.3 is 0 Å². The first kappa shape index (κ1) is 15.4. The summed E-state index contributed by atoms with van der Waals surface area (Å²) >= 11 is 0. The lowest BCUT2D eigenvalue weighted by molar-refractivity contribution is 0.0943. The molecule has 0 fully saturated rings. The number of rotatable bonds is 7. The van der Waals surface area contributed by atoms with Gasteiger partial charge in [-0.2, -0.15) is 0 Å². The van der Waals surface area contributed by atoms with Crippen LogP contribution < -0.4 is 16.8 Å². The van der Waals surface area contributed by atoms with E-state index in [2.05, 4.69) is 10.3 Å². The van der Waals surface area contributed by atoms with Crippen LogP contribution in [0.5, 0.6) is 0 Å². The van der Waals surface area contributed by atoms with E-state index < -0.39 is 12.5 Å². The van der Waals surface area contributed by atoms with Crippen molar-refractivity contribution in [2.45, 2.75) is 32.4 Å². The van der Waals surface area contributed by atoms with E-state index in [0.29, 0.717) is 6.54 Å². The van der Waals surface area contributed by atoms with Crippen LogP contribution in [-0.4, -0.2) is 25.0 Å². The summed E-state index contributed by atoms with van der Waals surface area (Å²) in [6.07, 6.45) is -2.25. The van der Waals surface area contributed by atoms with Crippen LogP contribution in [0.2, 0.25) is 0 Å². The van der Waals surface area contributed by atoms with E-state index >= 15 is 0 Å². The van der Waals surface area contributed by atoms with E-state index in [1.807, 2.05) is 31.2 Å². The quantitative estimate of drug-likeness (QED) is 0.517. The topological polar surface area (TPSA) is 76.4 Å². The molecule has 0 spiro atoms. The van der Waals surface area contributed by atoms with E-state index in [1.165, 1.54) is 0 Å². The minimum atomic E-state index is -2.44. The second-order valence-corrected chi connectivity index (χ2v) is 4.40. The average Bonchev–Trinajstić information content (AvgIpc) is 2.34. The molecular weight excluding hydrogens is 250 g/mol. The summed E-state index contributed by atoms with van der Waals surface area (Å²) in [5.74, 6) is -0.0773. The lowest BCUT2D eigenvalue weighted by Crippen LogP contribution is -2.36. The number of hydrogen-bond acceptors (Lipinski definition) is 2. The molecule has 0 aromatic heterocycles. The second kappa shape index (κ2) is 7.68. The van der Waals surface area contributed by atoms with Gasteiger partial charge in [-0.05, 0) is 18.9 Å². The Labute approximate surface area is 111 Å². The molecule has 4 nitrogen and oxygen atoms in total. The van der Waals surface area contributed by atoms with Gasteiger partial charge in [0.2, 0.25) is 0 Å². The van der Waals surface area contributed by atoms with E-state index in [0.717, 1.165) is 11.1 Å². The van der Waals surface area contributed by atoms with Gasteiger partial charge in [-0.15, -0.1) is 0 Å². The Kier molecular flexibility index (Phi) is 6.21. The summed E-state index contributed by atoms with van der Waals surface area (Å²) < 4.78 is 25.6. The first-order chi connectivity index (χ1) is 8.99. The summed E-state index contributed by atoms with van der Waals surface area (Å²) in [6.45, 7) is 2.57. The van der Waals surface area contributed by atoms with Gasteiger partial charge in [0.05, 0.1) is 6.04 Å². The third-order valence-electron chi connectivity index (χ3n) is 2.73. The molecule has 106 valence electrons. The van der Waals surface area contributed by atoms with Crippen molar-refractivity contribution >= 4 is 5.96 Å². The molecule has 0 aliphatic heterocycles. The predicted molar refractivity (Wildman–Crippen MR) is 73.1 cm³/mol. The highest BCUT2D eigenvalue weighted by molar-refractivity contribution is 5.75. The number of nitrogens with zero attached hydrogens (tertiary/aromatic N) is 1. The fourth-order valence-electron chi connectivity index (χ4n) is 1.60. The Bertz CT molecular complexity index is 400. The Hall–Kier alpha value is -1.69. The van der Waals surface area contributed by atoms with Crippen molar-refractivity contribution in [3.05, 3.63) is 35.4 Å². The molecule has 0 saturated heterocycles. The third-order valence-corrected chi connectivity index (χ3v) is 2.73. The first-order valence-electron chi connectivity index (χ1n) is 6.11. The van der Waals surface area contributed by atoms with Crippen LogP contribution in [0.4, 0.5) is 8.78 Å². The monoisotopic (exact) mass is 270 g/mol. The SMILES string of the molecule is Cc1ccc(CNC(CCN=C(N)N)C(F)F)cc1. The fourth-order valence-corrected chi connectivity index (χ4v) is 1.60. The first-order valence-corrected chi connectivity index (χ1v) is 6.11. The van der Waals surface area contributed by atoms with Gasteiger partial charge in [0.25, 0.3) is 6.43 Å². The van der Waals surface area contributed by atoms with Gasteiger partial charge < -0.3 is 16.8 Å². The van der Waals surface area contributed by atoms with Crippen molar-refractivity contribution < 1.29 is 8.78 Å². The summed E-state index contributed by atoms with van der Waals surface area (Å²) in [7, 11) is 0. The number of alkyl halides is 2. The maximum absolute atomic E-state index is 12.8. The molecular formula is C13H20F2N4. The second-order valence-electron chi connectivity index (χ2n) is 4.40. The van der Waals surface area contributed by atoms with Crippen molar-refractivity contribution in [2.24, 2.45) is 16.5 Å². The van der Waals surface area contributed by atoms with E-state index in [-0.39, 0.29) is 18.9 Å². The molecule has 0 bridgehead atoms. The Morgan fingerprint density at radius 3 is 2.42 bits per heavy atom. The minimum Gasteiger partial charge on any atom is -0.370 e. The molecule has 1 atom stereocenters. The predicted octanol–water partition coefficient (Wildman–Crippen LogP) is 1.38. The molecule has 0 heterocycles. The van der Waals surface area contributed by atoms with Crippen LogP contribution in [0.1, 0.15) is 17.5 Å². The summed E-state index contributed by atoms with van der Waals surface area (Å²) in [6, 6.07) is 6.83. The maximum Gasteiger partial charge on any atom is 0.253 e. The molecule has 0 saturated carbocycles. The van der Waals surface area contributed by atoms with Crippen molar-refractivity contribution in [2.75, 3.05) is 6.54 Å². The Balaban J connectivity index is 2.45. The minimum absolute atomic E-state index is 0.0773. The number of aliphatic imine (C=N–C) groups is 1. The lowest BCUT2D eigenvalue weighted by Gasteiger charge is -2.17. The van der Waals surface area contributed by atoms with Crippen LogP contribution in [-0.2, 0) is 6.54 Å². The van der Waals surface area contributed by atoms with Gasteiger partial charge in [0, 0.05) is 13.1 Å². The van der Waals surface area contributed by atoms with Gasteiger partial charge in [-0.3, -0.25) is 4.99 Å². The van der Waals surface area contributed by atoms with E-state index in [1.54, 1.807) is 0 Å². The number of hydrogen-bond donors (Lipinski definition) is 3. The normalized spacial score (nSPS) is 12.4. The largest absolute Gasteiger partial charge is 0.370 e. The highest BCUT2D eigenvalue weighted by atomic mass is 19.3. The number of halogens is 2. The molecule has 0 aliphatic carbocycles. The molecule has 1 unspecified atom stereocenters. The van der Waals surface area contributed by atoms with Gasteiger partial charge in [0.15, 0.2) is 5.96 Å². The summed E-state index contributed by atoms with van der Waals surface area (Å²) in [5.41, 5.74) is 12.4. The molecule has 6 heteroatoms. The van der Waals surface area contributed by atoms with Crippen molar-refractivity contribution in [3.63, 3.8) is 0 Å². The number of nitrogens with two attached hydrogens (primary N) is 2. The number of benzene rings is 1. The van der Waals surface area contributed by atoms with Crippen LogP contribution in [0.15, 0.2) is 29.3 Å². The van der Waals surface area contributed by atoms with Crippen molar-refractivity contribution in [3.8, 4) is 0 Å². The van der Waals surface area contributed by atoms with Gasteiger partial charge in [-0.1, -0.05) is 29.8 Å². The number of aryl methyl sites for hydroxylation is 1.